The van der Waals surface area contributed by atoms with E-state index in [0.29, 0.717) is 24.5 Å². The van der Waals surface area contributed by atoms with Gasteiger partial charge < -0.3 is 14.8 Å². The highest BCUT2D eigenvalue weighted by molar-refractivity contribution is 5.93. The van der Waals surface area contributed by atoms with Crippen LogP contribution in [0.1, 0.15) is 12.5 Å². The maximum Gasteiger partial charge on any atom is 0.238 e. The van der Waals surface area contributed by atoms with E-state index in [1.807, 2.05) is 24.0 Å². The quantitative estimate of drug-likeness (QED) is 0.797. The molecule has 5 nitrogen and oxygen atoms in total. The van der Waals surface area contributed by atoms with Crippen LogP contribution >= 0.6 is 0 Å². The largest absolute Gasteiger partial charge is 0.495 e. The van der Waals surface area contributed by atoms with Crippen molar-refractivity contribution in [3.63, 3.8) is 0 Å². The Balaban J connectivity index is 1.99. The number of rotatable bonds is 8. The molecule has 0 bridgehead atoms. The van der Waals surface area contributed by atoms with E-state index < -0.39 is 5.82 Å². The molecule has 1 amide bonds. The first-order valence-corrected chi connectivity index (χ1v) is 8.05. The highest BCUT2D eigenvalue weighted by atomic mass is 19.1. The molecule has 2 aromatic rings. The monoisotopic (exact) mass is 346 g/mol. The summed E-state index contributed by atoms with van der Waals surface area (Å²) in [7, 11) is 2.99. The van der Waals surface area contributed by atoms with Crippen LogP contribution in [-0.2, 0) is 11.3 Å². The summed E-state index contributed by atoms with van der Waals surface area (Å²) in [6.07, 6.45) is 0. The van der Waals surface area contributed by atoms with Crippen molar-refractivity contribution >= 4 is 11.6 Å². The Labute approximate surface area is 147 Å². The predicted molar refractivity (Wildman–Crippen MR) is 95.5 cm³/mol. The number of hydrogen-bond acceptors (Lipinski definition) is 4. The van der Waals surface area contributed by atoms with E-state index in [-0.39, 0.29) is 18.2 Å². The molecule has 0 fully saturated rings. The van der Waals surface area contributed by atoms with Gasteiger partial charge in [0.05, 0.1) is 26.5 Å². The molecular weight excluding hydrogens is 323 g/mol. The topological polar surface area (TPSA) is 50.8 Å². The number of nitrogens with zero attached hydrogens (tertiary/aromatic N) is 1. The van der Waals surface area contributed by atoms with Crippen LogP contribution in [-0.4, -0.2) is 38.1 Å². The van der Waals surface area contributed by atoms with Crippen molar-refractivity contribution in [1.29, 1.82) is 0 Å². The molecule has 2 aromatic carbocycles. The van der Waals surface area contributed by atoms with E-state index in [4.69, 9.17) is 9.47 Å². The maximum atomic E-state index is 13.8. The van der Waals surface area contributed by atoms with Gasteiger partial charge in [0.2, 0.25) is 5.91 Å². The summed E-state index contributed by atoms with van der Waals surface area (Å²) in [5.41, 5.74) is 1.41. The number of carbonyl (C=O) groups excluding carboxylic acids is 1. The third kappa shape index (κ3) is 5.19. The van der Waals surface area contributed by atoms with E-state index in [1.165, 1.54) is 13.2 Å². The molecule has 0 atom stereocenters. The van der Waals surface area contributed by atoms with Gasteiger partial charge in [-0.1, -0.05) is 25.1 Å². The summed E-state index contributed by atoms with van der Waals surface area (Å²) in [5, 5.41) is 2.84. The van der Waals surface area contributed by atoms with Crippen LogP contribution in [0, 0.1) is 5.82 Å². The Bertz CT molecular complexity index is 722. The lowest BCUT2D eigenvalue weighted by Gasteiger charge is -2.20. The standard InChI is InChI=1S/C19H23FN2O3/c1-4-22(12-14-9-10-17(24-2)15(20)11-14)13-19(23)21-16-7-5-6-8-18(16)25-3/h5-11H,4,12-13H2,1-3H3,(H,21,23). The molecule has 0 aliphatic rings. The third-order valence-electron chi connectivity index (χ3n) is 3.82. The van der Waals surface area contributed by atoms with Crippen molar-refractivity contribution in [2.45, 2.75) is 13.5 Å². The van der Waals surface area contributed by atoms with E-state index in [2.05, 4.69) is 5.32 Å². The normalized spacial score (nSPS) is 10.6. The predicted octanol–water partition coefficient (Wildman–Crippen LogP) is 3.30. The molecule has 0 radical (unpaired) electrons. The second-order valence-electron chi connectivity index (χ2n) is 5.52. The number of methoxy groups -OCH3 is 2. The summed E-state index contributed by atoms with van der Waals surface area (Å²) in [4.78, 5) is 14.2. The van der Waals surface area contributed by atoms with E-state index in [0.717, 1.165) is 5.56 Å². The Morgan fingerprint density at radius 2 is 1.84 bits per heavy atom. The number of nitrogens with one attached hydrogen (secondary N) is 1. The first-order valence-electron chi connectivity index (χ1n) is 8.05. The molecule has 134 valence electrons. The van der Waals surface area contributed by atoms with Gasteiger partial charge in [0.1, 0.15) is 5.75 Å². The van der Waals surface area contributed by atoms with Crippen LogP contribution in [0.4, 0.5) is 10.1 Å². The minimum Gasteiger partial charge on any atom is -0.495 e. The van der Waals surface area contributed by atoms with Crippen LogP contribution < -0.4 is 14.8 Å². The molecule has 0 heterocycles. The number of para-hydroxylation sites is 2. The highest BCUT2D eigenvalue weighted by Crippen LogP contribution is 2.23. The van der Waals surface area contributed by atoms with Gasteiger partial charge in [0.25, 0.3) is 0 Å². The van der Waals surface area contributed by atoms with E-state index >= 15 is 0 Å². The fourth-order valence-electron chi connectivity index (χ4n) is 2.49. The van der Waals surface area contributed by atoms with Crippen molar-refractivity contribution in [2.24, 2.45) is 0 Å². The van der Waals surface area contributed by atoms with Gasteiger partial charge in [0, 0.05) is 6.54 Å². The number of ether oxygens (including phenoxy) is 2. The minimum absolute atomic E-state index is 0.152. The Morgan fingerprint density at radius 1 is 1.12 bits per heavy atom. The molecule has 0 aliphatic carbocycles. The number of likely N-dealkylation sites (N-methyl/N-ethyl adjacent to an activating group) is 1. The summed E-state index contributed by atoms with van der Waals surface area (Å²) in [6, 6.07) is 12.1. The second-order valence-corrected chi connectivity index (χ2v) is 5.52. The molecular formula is C19H23FN2O3. The highest BCUT2D eigenvalue weighted by Gasteiger charge is 2.13. The average Bonchev–Trinajstić information content (AvgIpc) is 2.61. The lowest BCUT2D eigenvalue weighted by atomic mass is 10.2. The van der Waals surface area contributed by atoms with Crippen molar-refractivity contribution in [1.82, 2.24) is 4.90 Å². The number of carbonyl (C=O) groups is 1. The molecule has 0 spiro atoms. The third-order valence-corrected chi connectivity index (χ3v) is 3.82. The summed E-state index contributed by atoms with van der Waals surface area (Å²) in [5.74, 6) is 0.256. The van der Waals surface area contributed by atoms with E-state index in [9.17, 15) is 9.18 Å². The summed E-state index contributed by atoms with van der Waals surface area (Å²) >= 11 is 0. The summed E-state index contributed by atoms with van der Waals surface area (Å²) in [6.45, 7) is 3.28. The van der Waals surface area contributed by atoms with Gasteiger partial charge in [-0.2, -0.15) is 0 Å². The first-order chi connectivity index (χ1) is 12.1. The SMILES string of the molecule is CCN(CC(=O)Nc1ccccc1OC)Cc1ccc(OC)c(F)c1. The van der Waals surface area contributed by atoms with Crippen molar-refractivity contribution in [3.8, 4) is 11.5 Å². The van der Waals surface area contributed by atoms with Gasteiger partial charge in [-0.05, 0) is 36.4 Å². The van der Waals surface area contributed by atoms with Crippen LogP contribution in [0.15, 0.2) is 42.5 Å². The zero-order valence-electron chi connectivity index (χ0n) is 14.7. The van der Waals surface area contributed by atoms with Crippen LogP contribution in [0.3, 0.4) is 0 Å². The van der Waals surface area contributed by atoms with Crippen molar-refractivity contribution in [2.75, 3.05) is 32.6 Å². The van der Waals surface area contributed by atoms with Gasteiger partial charge in [-0.3, -0.25) is 9.69 Å². The molecule has 0 aliphatic heterocycles. The Morgan fingerprint density at radius 3 is 2.48 bits per heavy atom. The molecule has 25 heavy (non-hydrogen) atoms. The van der Waals surface area contributed by atoms with Crippen molar-refractivity contribution < 1.29 is 18.7 Å². The Kier molecular flexibility index (Phi) is 6.77. The smallest absolute Gasteiger partial charge is 0.238 e. The lowest BCUT2D eigenvalue weighted by Crippen LogP contribution is -2.32. The molecule has 2 rings (SSSR count). The number of benzene rings is 2. The number of amides is 1. The molecule has 0 unspecified atom stereocenters. The number of anilines is 1. The fourth-order valence-corrected chi connectivity index (χ4v) is 2.49. The zero-order valence-corrected chi connectivity index (χ0v) is 14.7. The zero-order chi connectivity index (χ0) is 18.2. The molecule has 1 N–H and O–H groups in total. The molecule has 0 saturated carbocycles. The summed E-state index contributed by atoms with van der Waals surface area (Å²) < 4.78 is 23.9. The van der Waals surface area contributed by atoms with Crippen molar-refractivity contribution in [3.05, 3.63) is 53.8 Å². The lowest BCUT2D eigenvalue weighted by molar-refractivity contribution is -0.117. The minimum atomic E-state index is -0.408. The molecule has 6 heteroatoms. The molecule has 0 saturated heterocycles. The number of hydrogen-bond donors (Lipinski definition) is 1. The molecule has 0 aromatic heterocycles. The van der Waals surface area contributed by atoms with Crippen LogP contribution in [0.2, 0.25) is 0 Å². The maximum absolute atomic E-state index is 13.8. The second kappa shape index (κ2) is 9.03. The Hall–Kier alpha value is -2.60. The van der Waals surface area contributed by atoms with Gasteiger partial charge in [-0.15, -0.1) is 0 Å². The van der Waals surface area contributed by atoms with Crippen LogP contribution in [0.25, 0.3) is 0 Å². The van der Waals surface area contributed by atoms with Crippen LogP contribution in [0.5, 0.6) is 11.5 Å². The van der Waals surface area contributed by atoms with Gasteiger partial charge >= 0.3 is 0 Å². The van der Waals surface area contributed by atoms with Gasteiger partial charge in [0.15, 0.2) is 11.6 Å². The number of halogens is 1. The average molecular weight is 346 g/mol. The van der Waals surface area contributed by atoms with E-state index in [1.54, 1.807) is 31.4 Å². The fraction of sp³-hybridized carbons (Fsp3) is 0.316. The first kappa shape index (κ1) is 18.7. The van der Waals surface area contributed by atoms with Gasteiger partial charge in [-0.25, -0.2) is 4.39 Å².